The Kier molecular flexibility index (Phi) is 5.18. The summed E-state index contributed by atoms with van der Waals surface area (Å²) in [7, 11) is 3.65. The highest BCUT2D eigenvalue weighted by molar-refractivity contribution is 5.29. The lowest BCUT2D eigenvalue weighted by molar-refractivity contribution is 0.414. The quantitative estimate of drug-likeness (QED) is 0.843. The first-order chi connectivity index (χ1) is 9.72. The molecule has 0 aliphatic heterocycles. The summed E-state index contributed by atoms with van der Waals surface area (Å²) in [5.41, 5.74) is 2.58. The van der Waals surface area contributed by atoms with Crippen molar-refractivity contribution in [2.45, 2.75) is 25.8 Å². The van der Waals surface area contributed by atoms with Gasteiger partial charge in [0.1, 0.15) is 5.75 Å². The number of aromatic nitrogens is 2. The van der Waals surface area contributed by atoms with Crippen molar-refractivity contribution in [1.29, 1.82) is 0 Å². The number of aryl methyl sites for hydroxylation is 2. The highest BCUT2D eigenvalue weighted by Crippen LogP contribution is 2.21. The average molecular weight is 273 g/mol. The molecule has 1 unspecified atom stereocenters. The fourth-order valence-corrected chi connectivity index (χ4v) is 2.38. The summed E-state index contributed by atoms with van der Waals surface area (Å²) < 4.78 is 7.06. The van der Waals surface area contributed by atoms with Crippen molar-refractivity contribution >= 4 is 0 Å². The third-order valence-corrected chi connectivity index (χ3v) is 3.45. The molecular formula is C16H23N3O. The Balaban J connectivity index is 2.01. The molecular weight excluding hydrogens is 250 g/mol. The third kappa shape index (κ3) is 3.84. The number of nitrogens with zero attached hydrogens (tertiary/aromatic N) is 2. The lowest BCUT2D eigenvalue weighted by atomic mass is 10.00. The van der Waals surface area contributed by atoms with Crippen LogP contribution in [0.5, 0.6) is 5.75 Å². The molecule has 1 aromatic carbocycles. The van der Waals surface area contributed by atoms with Gasteiger partial charge in [0.05, 0.1) is 13.3 Å². The van der Waals surface area contributed by atoms with Crippen LogP contribution in [0.2, 0.25) is 0 Å². The van der Waals surface area contributed by atoms with Crippen LogP contribution in [0.4, 0.5) is 0 Å². The van der Waals surface area contributed by atoms with Gasteiger partial charge >= 0.3 is 0 Å². The molecule has 4 heteroatoms. The number of methoxy groups -OCH3 is 1. The van der Waals surface area contributed by atoms with Crippen LogP contribution >= 0.6 is 0 Å². The van der Waals surface area contributed by atoms with Gasteiger partial charge in [-0.3, -0.25) is 4.68 Å². The molecule has 1 N–H and O–H groups in total. The van der Waals surface area contributed by atoms with E-state index in [0.717, 1.165) is 25.1 Å². The number of rotatable bonds is 7. The zero-order valence-electron chi connectivity index (χ0n) is 12.5. The van der Waals surface area contributed by atoms with Gasteiger partial charge in [-0.15, -0.1) is 0 Å². The first-order valence-corrected chi connectivity index (χ1v) is 7.07. The second-order valence-electron chi connectivity index (χ2n) is 4.94. The topological polar surface area (TPSA) is 39.1 Å². The maximum atomic E-state index is 5.21. The smallest absolute Gasteiger partial charge is 0.118 e. The van der Waals surface area contributed by atoms with E-state index in [2.05, 4.69) is 35.7 Å². The number of ether oxygens (including phenoxy) is 1. The normalized spacial score (nSPS) is 12.3. The van der Waals surface area contributed by atoms with Crippen molar-refractivity contribution in [2.24, 2.45) is 7.05 Å². The summed E-state index contributed by atoms with van der Waals surface area (Å²) >= 11 is 0. The molecule has 0 bridgehead atoms. The first kappa shape index (κ1) is 14.6. The van der Waals surface area contributed by atoms with Crippen molar-refractivity contribution in [1.82, 2.24) is 15.1 Å². The minimum Gasteiger partial charge on any atom is -0.497 e. The molecule has 0 fully saturated rings. The summed E-state index contributed by atoms with van der Waals surface area (Å²) in [5, 5.41) is 7.76. The molecule has 20 heavy (non-hydrogen) atoms. The van der Waals surface area contributed by atoms with Gasteiger partial charge in [-0.05, 0) is 42.6 Å². The lowest BCUT2D eigenvalue weighted by Gasteiger charge is -2.18. The Morgan fingerprint density at radius 3 is 2.60 bits per heavy atom. The van der Waals surface area contributed by atoms with Crippen LogP contribution in [-0.2, 0) is 13.5 Å². The molecule has 108 valence electrons. The first-order valence-electron chi connectivity index (χ1n) is 7.07. The summed E-state index contributed by atoms with van der Waals surface area (Å²) in [6.07, 6.45) is 6.11. The second kappa shape index (κ2) is 7.10. The van der Waals surface area contributed by atoms with E-state index in [9.17, 15) is 0 Å². The Morgan fingerprint density at radius 1 is 1.30 bits per heavy atom. The van der Waals surface area contributed by atoms with Crippen LogP contribution in [0.25, 0.3) is 0 Å². The monoisotopic (exact) mass is 273 g/mol. The highest BCUT2D eigenvalue weighted by atomic mass is 16.5. The summed E-state index contributed by atoms with van der Waals surface area (Å²) in [6.45, 7) is 3.10. The molecule has 0 radical (unpaired) electrons. The Hall–Kier alpha value is -1.81. The molecule has 0 amide bonds. The lowest BCUT2D eigenvalue weighted by Crippen LogP contribution is -2.21. The fraction of sp³-hybridized carbons (Fsp3) is 0.438. The van der Waals surface area contributed by atoms with Crippen LogP contribution in [0.15, 0.2) is 36.7 Å². The van der Waals surface area contributed by atoms with E-state index in [-0.39, 0.29) is 0 Å². The largest absolute Gasteiger partial charge is 0.497 e. The summed E-state index contributed by atoms with van der Waals surface area (Å²) in [6, 6.07) is 8.67. The van der Waals surface area contributed by atoms with Crippen LogP contribution in [-0.4, -0.2) is 23.4 Å². The molecule has 0 aliphatic carbocycles. The zero-order valence-corrected chi connectivity index (χ0v) is 12.5. The van der Waals surface area contributed by atoms with Gasteiger partial charge in [0.2, 0.25) is 0 Å². The molecule has 0 aliphatic rings. The molecule has 2 rings (SSSR count). The third-order valence-electron chi connectivity index (χ3n) is 3.45. The fourth-order valence-electron chi connectivity index (χ4n) is 2.38. The minimum absolute atomic E-state index is 0.367. The summed E-state index contributed by atoms with van der Waals surface area (Å²) in [5.74, 6) is 0.899. The Labute approximate surface area is 120 Å². The van der Waals surface area contributed by atoms with Gasteiger partial charge in [0.15, 0.2) is 0 Å². The number of hydrogen-bond donors (Lipinski definition) is 1. The van der Waals surface area contributed by atoms with E-state index in [1.165, 1.54) is 11.1 Å². The van der Waals surface area contributed by atoms with E-state index in [4.69, 9.17) is 4.74 Å². The van der Waals surface area contributed by atoms with E-state index >= 15 is 0 Å². The molecule has 1 heterocycles. The van der Waals surface area contributed by atoms with Crippen molar-refractivity contribution < 1.29 is 4.74 Å². The van der Waals surface area contributed by atoms with Crippen molar-refractivity contribution in [3.8, 4) is 5.75 Å². The van der Waals surface area contributed by atoms with Gasteiger partial charge in [-0.1, -0.05) is 19.1 Å². The standard InChI is InChI=1S/C16H23N3O/c1-4-17-16(10-5-13-11-18-19(2)12-13)14-6-8-15(20-3)9-7-14/h6-9,11-12,16-17H,4-5,10H2,1-3H3. The molecule has 4 nitrogen and oxygen atoms in total. The molecule has 2 aromatic rings. The molecule has 1 aromatic heterocycles. The predicted molar refractivity (Wildman–Crippen MR) is 80.9 cm³/mol. The van der Waals surface area contributed by atoms with Crippen molar-refractivity contribution in [3.05, 3.63) is 47.8 Å². The van der Waals surface area contributed by atoms with Crippen molar-refractivity contribution in [3.63, 3.8) is 0 Å². The molecule has 0 saturated carbocycles. The van der Waals surface area contributed by atoms with Gasteiger partial charge in [0.25, 0.3) is 0 Å². The van der Waals surface area contributed by atoms with E-state index in [0.29, 0.717) is 6.04 Å². The van der Waals surface area contributed by atoms with Crippen LogP contribution in [0, 0.1) is 0 Å². The SMILES string of the molecule is CCNC(CCc1cnn(C)c1)c1ccc(OC)cc1. The Bertz CT molecular complexity index is 519. The zero-order chi connectivity index (χ0) is 14.4. The Morgan fingerprint density at radius 2 is 2.05 bits per heavy atom. The maximum Gasteiger partial charge on any atom is 0.118 e. The summed E-state index contributed by atoms with van der Waals surface area (Å²) in [4.78, 5) is 0. The highest BCUT2D eigenvalue weighted by Gasteiger charge is 2.11. The maximum absolute atomic E-state index is 5.21. The van der Waals surface area contributed by atoms with Gasteiger partial charge in [-0.2, -0.15) is 5.10 Å². The molecule has 0 spiro atoms. The van der Waals surface area contributed by atoms with E-state index in [1.54, 1.807) is 7.11 Å². The number of hydrogen-bond acceptors (Lipinski definition) is 3. The van der Waals surface area contributed by atoms with Gasteiger partial charge in [-0.25, -0.2) is 0 Å². The minimum atomic E-state index is 0.367. The predicted octanol–water partition coefficient (Wildman–Crippen LogP) is 2.71. The second-order valence-corrected chi connectivity index (χ2v) is 4.94. The number of nitrogens with one attached hydrogen (secondary N) is 1. The van der Waals surface area contributed by atoms with Crippen molar-refractivity contribution in [2.75, 3.05) is 13.7 Å². The van der Waals surface area contributed by atoms with E-state index in [1.807, 2.05) is 30.1 Å². The van der Waals surface area contributed by atoms with Gasteiger partial charge in [0, 0.05) is 19.3 Å². The number of benzene rings is 1. The van der Waals surface area contributed by atoms with Gasteiger partial charge < -0.3 is 10.1 Å². The molecule has 0 saturated heterocycles. The van der Waals surface area contributed by atoms with Crippen LogP contribution < -0.4 is 10.1 Å². The molecule has 1 atom stereocenters. The van der Waals surface area contributed by atoms with E-state index < -0.39 is 0 Å². The average Bonchev–Trinajstić information content (AvgIpc) is 2.89. The van der Waals surface area contributed by atoms with Crippen LogP contribution in [0.3, 0.4) is 0 Å². The van der Waals surface area contributed by atoms with Crippen LogP contribution in [0.1, 0.15) is 30.5 Å².